The summed E-state index contributed by atoms with van der Waals surface area (Å²) in [7, 11) is -11.1. The van der Waals surface area contributed by atoms with Crippen molar-refractivity contribution in [3.05, 3.63) is 5.92 Å². The molecule has 0 saturated heterocycles. The zero-order chi connectivity index (χ0) is 19.0. The quantitative estimate of drug-likeness (QED) is 0.365. The molecule has 0 bridgehead atoms. The maximum atomic E-state index is 12.0. The number of rotatable bonds is 5. The molecule has 12 heteroatoms. The molecule has 1 radical (unpaired) electrons. The summed E-state index contributed by atoms with van der Waals surface area (Å²) in [6, 6.07) is 0. The zero-order valence-electron chi connectivity index (χ0n) is 14.9. The van der Waals surface area contributed by atoms with Gasteiger partial charge in [-0.15, -0.1) is 5.41 Å². The molecule has 2 fully saturated rings. The molecule has 147 valence electrons. The van der Waals surface area contributed by atoms with E-state index >= 15 is 0 Å². The van der Waals surface area contributed by atoms with Gasteiger partial charge in [-0.05, 0) is 0 Å². The van der Waals surface area contributed by atoms with Gasteiger partial charge in [0.05, 0.1) is 0 Å². The molecule has 3 atom stereocenters. The van der Waals surface area contributed by atoms with Crippen LogP contribution in [0.2, 0.25) is 0 Å². The summed E-state index contributed by atoms with van der Waals surface area (Å²) in [5.41, 5.74) is -0.618. The first-order valence-corrected chi connectivity index (χ1v) is 13.9. The minimum Gasteiger partial charge on any atom is -0.334 e. The van der Waals surface area contributed by atoms with E-state index in [2.05, 4.69) is 20.8 Å². The molecule has 1 spiro atoms. The Bertz CT molecular complexity index is 681. The Morgan fingerprint density at radius 1 is 1.04 bits per heavy atom. The predicted octanol–water partition coefficient (Wildman–Crippen LogP) is 3.52. The monoisotopic (exact) mass is 454 g/mol. The third-order valence-corrected chi connectivity index (χ3v) is 17.0. The molecule has 0 amide bonds. The molecule has 2 saturated carbocycles. The second-order valence-corrected chi connectivity index (χ2v) is 18.6. The van der Waals surface area contributed by atoms with Crippen molar-refractivity contribution in [2.24, 2.45) is 22.2 Å². The smallest absolute Gasteiger partial charge is 0.334 e. The standard InChI is InChI=1S/C13H26O8P3.V/c1-9-11(2,3)12(4,5)10(13(9)6-7-13)8-21-23(17,18)24(19,20)22(14,15)16;/h9H,6-8H2,1-5H3,(H,17,18)(H,19,20)(H2,14,15,16);/q-1;/t9-;/m0./s1. The molecule has 0 aliphatic heterocycles. The van der Waals surface area contributed by atoms with E-state index in [1.165, 1.54) is 0 Å². The summed E-state index contributed by atoms with van der Waals surface area (Å²) in [6.07, 6.45) is 1.81. The van der Waals surface area contributed by atoms with Gasteiger partial charge in [0.1, 0.15) is 0 Å². The molecule has 2 aliphatic rings. The van der Waals surface area contributed by atoms with E-state index in [-0.39, 0.29) is 41.4 Å². The Hall–Kier alpha value is 1.07. The van der Waals surface area contributed by atoms with Crippen LogP contribution in [0.3, 0.4) is 0 Å². The molecule has 8 nitrogen and oxygen atoms in total. The Labute approximate surface area is 159 Å². The number of hydrogen-bond donors (Lipinski definition) is 4. The van der Waals surface area contributed by atoms with Crippen LogP contribution in [0.25, 0.3) is 0 Å². The van der Waals surface area contributed by atoms with E-state index in [1.54, 1.807) is 0 Å². The minimum absolute atomic E-state index is 0. The van der Waals surface area contributed by atoms with Gasteiger partial charge in [-0.1, -0.05) is 65.4 Å². The SMILES string of the molecule is C[C@@H]1C2(CC2)[C-](COP(=O)(O)P(=O)(O)P(=O)(O)O)C(C)(C)C1(C)C.[V]. The molecule has 0 aromatic heterocycles. The Morgan fingerprint density at radius 3 is 1.84 bits per heavy atom. The van der Waals surface area contributed by atoms with E-state index in [0.717, 1.165) is 18.8 Å². The van der Waals surface area contributed by atoms with Crippen LogP contribution in [0.15, 0.2) is 0 Å². The molecule has 0 aromatic carbocycles. The Kier molecular flexibility index (Phi) is 6.33. The molecule has 2 rings (SSSR count). The average molecular weight is 454 g/mol. The van der Waals surface area contributed by atoms with Crippen LogP contribution in [0.5, 0.6) is 0 Å². The van der Waals surface area contributed by atoms with Crippen molar-refractivity contribution >= 4 is 21.3 Å². The van der Waals surface area contributed by atoms with Crippen molar-refractivity contribution < 1.29 is 56.3 Å². The van der Waals surface area contributed by atoms with E-state index in [9.17, 15) is 23.5 Å². The van der Waals surface area contributed by atoms with Crippen LogP contribution in [0.4, 0.5) is 0 Å². The van der Waals surface area contributed by atoms with Gasteiger partial charge in [0.2, 0.25) is 0 Å². The van der Waals surface area contributed by atoms with E-state index < -0.39 is 21.3 Å². The van der Waals surface area contributed by atoms with E-state index in [1.807, 2.05) is 13.8 Å². The fourth-order valence-electron chi connectivity index (χ4n) is 4.07. The maximum Gasteiger partial charge on any atom is 0.419 e. The van der Waals surface area contributed by atoms with Gasteiger partial charge < -0.3 is 24.1 Å². The van der Waals surface area contributed by atoms with Gasteiger partial charge in [0.15, 0.2) is 0 Å². The van der Waals surface area contributed by atoms with Crippen LogP contribution >= 0.6 is 21.3 Å². The molecule has 0 aromatic rings. The van der Waals surface area contributed by atoms with Crippen LogP contribution in [0, 0.1) is 28.1 Å². The third-order valence-electron chi connectivity index (χ3n) is 6.71. The minimum atomic E-state index is -5.70. The second-order valence-electron chi connectivity index (χ2n) is 7.99. The zero-order valence-corrected chi connectivity index (χ0v) is 19.0. The average Bonchev–Trinajstić information content (AvgIpc) is 3.14. The number of hydrogen-bond acceptors (Lipinski definition) is 4. The first-order chi connectivity index (χ1) is 10.5. The summed E-state index contributed by atoms with van der Waals surface area (Å²) in [5.74, 6) is 1.16. The van der Waals surface area contributed by atoms with Crippen molar-refractivity contribution in [2.45, 2.75) is 47.5 Å². The summed E-state index contributed by atoms with van der Waals surface area (Å²) < 4.78 is 39.7. The van der Waals surface area contributed by atoms with Gasteiger partial charge in [-0.3, -0.25) is 10.5 Å². The topological polar surface area (TPSA) is 141 Å². The molecule has 25 heavy (non-hydrogen) atoms. The van der Waals surface area contributed by atoms with Crippen molar-refractivity contribution in [3.8, 4) is 0 Å². The van der Waals surface area contributed by atoms with Crippen LogP contribution in [-0.4, -0.2) is 26.2 Å². The second kappa shape index (κ2) is 6.56. The van der Waals surface area contributed by atoms with Gasteiger partial charge in [0, 0.05) is 18.6 Å². The van der Waals surface area contributed by atoms with E-state index in [4.69, 9.17) is 14.3 Å². The third kappa shape index (κ3) is 3.36. The molecule has 0 heterocycles. The van der Waals surface area contributed by atoms with Crippen LogP contribution < -0.4 is 0 Å². The van der Waals surface area contributed by atoms with Crippen LogP contribution in [0.1, 0.15) is 47.5 Å². The first-order valence-electron chi connectivity index (χ1n) is 7.68. The molecule has 2 aliphatic carbocycles. The van der Waals surface area contributed by atoms with Gasteiger partial charge in [-0.25, -0.2) is 9.13 Å². The van der Waals surface area contributed by atoms with Crippen LogP contribution in [-0.2, 0) is 36.8 Å². The van der Waals surface area contributed by atoms with Gasteiger partial charge >= 0.3 is 21.3 Å². The maximum absolute atomic E-state index is 12.0. The molecule has 2 unspecified atom stereocenters. The van der Waals surface area contributed by atoms with Gasteiger partial charge in [0.25, 0.3) is 0 Å². The fourth-order valence-corrected chi connectivity index (χ4v) is 9.43. The molecular weight excluding hydrogens is 428 g/mol. The first kappa shape index (κ1) is 24.1. The Balaban J connectivity index is 0.00000312. The normalized spacial score (nSPS) is 31.8. The summed E-state index contributed by atoms with van der Waals surface area (Å²) >= 11 is 0. The fraction of sp³-hybridized carbons (Fsp3) is 0.923. The van der Waals surface area contributed by atoms with Crippen molar-refractivity contribution in [1.29, 1.82) is 0 Å². The van der Waals surface area contributed by atoms with Gasteiger partial charge in [-0.2, -0.15) is 5.41 Å². The van der Waals surface area contributed by atoms with Crippen molar-refractivity contribution in [3.63, 3.8) is 0 Å². The molecule has 4 N–H and O–H groups in total. The molecular formula is C13H26O8P3V-. The largest absolute Gasteiger partial charge is 0.419 e. The summed E-state index contributed by atoms with van der Waals surface area (Å²) in [6.45, 7) is 4.26. The van der Waals surface area contributed by atoms with Crippen molar-refractivity contribution in [1.82, 2.24) is 0 Å². The Morgan fingerprint density at radius 2 is 1.48 bits per heavy atom. The van der Waals surface area contributed by atoms with E-state index in [0.29, 0.717) is 5.92 Å². The summed E-state index contributed by atoms with van der Waals surface area (Å²) in [5, 5.41) is 0. The summed E-state index contributed by atoms with van der Waals surface area (Å²) in [4.78, 5) is 36.9. The van der Waals surface area contributed by atoms with Crippen molar-refractivity contribution in [2.75, 3.05) is 6.61 Å². The predicted molar refractivity (Wildman–Crippen MR) is 89.3 cm³/mol.